The van der Waals surface area contributed by atoms with E-state index in [1.54, 1.807) is 6.92 Å². The van der Waals surface area contributed by atoms with Gasteiger partial charge in [-0.1, -0.05) is 24.3 Å². The molecule has 0 aliphatic rings. The molecule has 5 heteroatoms. The van der Waals surface area contributed by atoms with Crippen molar-refractivity contribution in [2.45, 2.75) is 27.7 Å². The number of phenols is 1. The lowest BCUT2D eigenvalue weighted by atomic mass is 9.98. The molecular formula is C25H25NO4. The van der Waals surface area contributed by atoms with E-state index in [4.69, 9.17) is 9.47 Å². The highest BCUT2D eigenvalue weighted by Gasteiger charge is 2.26. The minimum absolute atomic E-state index is 0.187. The molecule has 0 atom stereocenters. The van der Waals surface area contributed by atoms with Crippen LogP contribution in [-0.4, -0.2) is 28.9 Å². The van der Waals surface area contributed by atoms with Crippen molar-refractivity contribution in [1.29, 1.82) is 0 Å². The molecule has 0 aliphatic carbocycles. The first-order valence-electron chi connectivity index (χ1n) is 10.1. The molecule has 4 aromatic rings. The maximum absolute atomic E-state index is 12.9. The molecule has 1 heterocycles. The van der Waals surface area contributed by atoms with Crippen molar-refractivity contribution in [1.82, 2.24) is 4.57 Å². The number of phenolic OH excluding ortho intramolecular Hbond substituents is 1. The van der Waals surface area contributed by atoms with Crippen molar-refractivity contribution in [2.24, 2.45) is 0 Å². The number of hydrogen-bond donors (Lipinski definition) is 1. The smallest absolute Gasteiger partial charge is 0.340 e. The van der Waals surface area contributed by atoms with Crippen LogP contribution in [0.1, 0.15) is 35.5 Å². The first-order valence-corrected chi connectivity index (χ1v) is 10.1. The molecule has 4 rings (SSSR count). The van der Waals surface area contributed by atoms with Gasteiger partial charge in [-0.25, -0.2) is 4.79 Å². The van der Waals surface area contributed by atoms with Gasteiger partial charge in [0.1, 0.15) is 11.5 Å². The average molecular weight is 403 g/mol. The molecule has 0 fully saturated rings. The van der Waals surface area contributed by atoms with Crippen LogP contribution in [0.3, 0.4) is 0 Å². The summed E-state index contributed by atoms with van der Waals surface area (Å²) in [6, 6.07) is 15.5. The Bertz CT molecular complexity index is 1250. The summed E-state index contributed by atoms with van der Waals surface area (Å²) in [7, 11) is 0. The second kappa shape index (κ2) is 7.75. The lowest BCUT2D eigenvalue weighted by Gasteiger charge is -2.13. The third kappa shape index (κ3) is 2.98. The fourth-order valence-electron chi connectivity index (χ4n) is 4.16. The topological polar surface area (TPSA) is 60.7 Å². The van der Waals surface area contributed by atoms with Crippen molar-refractivity contribution in [3.05, 3.63) is 65.4 Å². The Morgan fingerprint density at radius 1 is 0.967 bits per heavy atom. The third-order valence-corrected chi connectivity index (χ3v) is 5.46. The van der Waals surface area contributed by atoms with E-state index in [1.165, 1.54) is 0 Å². The van der Waals surface area contributed by atoms with Crippen LogP contribution >= 0.6 is 0 Å². The van der Waals surface area contributed by atoms with E-state index < -0.39 is 0 Å². The zero-order valence-electron chi connectivity index (χ0n) is 17.7. The molecule has 0 aliphatic heterocycles. The number of rotatable bonds is 5. The van der Waals surface area contributed by atoms with Gasteiger partial charge in [0.05, 0.1) is 24.3 Å². The van der Waals surface area contributed by atoms with Gasteiger partial charge in [-0.2, -0.15) is 0 Å². The Balaban J connectivity index is 2.14. The Kier molecular flexibility index (Phi) is 5.12. The zero-order chi connectivity index (χ0) is 21.4. The summed E-state index contributed by atoms with van der Waals surface area (Å²) in [6.07, 6.45) is 0. The molecule has 0 unspecified atom stereocenters. The number of nitrogens with zero attached hydrogens (tertiary/aromatic N) is 1. The van der Waals surface area contributed by atoms with Crippen molar-refractivity contribution >= 4 is 27.6 Å². The van der Waals surface area contributed by atoms with Crippen LogP contribution in [0.2, 0.25) is 0 Å². The monoisotopic (exact) mass is 403 g/mol. The van der Waals surface area contributed by atoms with Gasteiger partial charge in [0.25, 0.3) is 0 Å². The molecule has 0 spiro atoms. The average Bonchev–Trinajstić information content (AvgIpc) is 3.06. The van der Waals surface area contributed by atoms with Crippen molar-refractivity contribution in [3.8, 4) is 17.2 Å². The number of aromatic hydroxyl groups is 1. The van der Waals surface area contributed by atoms with E-state index in [0.29, 0.717) is 17.7 Å². The summed E-state index contributed by atoms with van der Waals surface area (Å²) in [6.45, 7) is 8.37. The van der Waals surface area contributed by atoms with Crippen LogP contribution in [0.25, 0.3) is 27.4 Å². The number of carbonyl (C=O) groups excluding carboxylic acids is 1. The summed E-state index contributed by atoms with van der Waals surface area (Å²) in [4.78, 5) is 12.9. The summed E-state index contributed by atoms with van der Waals surface area (Å²) in [5.41, 5.74) is 3.71. The molecule has 1 N–H and O–H groups in total. The van der Waals surface area contributed by atoms with Gasteiger partial charge < -0.3 is 19.1 Å². The number of aryl methyl sites for hydroxylation is 1. The molecule has 30 heavy (non-hydrogen) atoms. The second-order valence-electron chi connectivity index (χ2n) is 7.19. The van der Waals surface area contributed by atoms with E-state index >= 15 is 0 Å². The number of carbonyl (C=O) groups is 1. The van der Waals surface area contributed by atoms with Crippen LogP contribution in [0, 0.1) is 13.8 Å². The van der Waals surface area contributed by atoms with Crippen LogP contribution in [0.5, 0.6) is 11.5 Å². The Morgan fingerprint density at radius 3 is 2.27 bits per heavy atom. The second-order valence-corrected chi connectivity index (χ2v) is 7.19. The first-order chi connectivity index (χ1) is 14.5. The van der Waals surface area contributed by atoms with E-state index in [0.717, 1.165) is 38.8 Å². The number of fused-ring (bicyclic) bond motifs is 3. The number of hydrogen-bond acceptors (Lipinski definition) is 4. The normalized spacial score (nSPS) is 11.2. The van der Waals surface area contributed by atoms with Gasteiger partial charge in [0, 0.05) is 33.1 Å². The number of benzene rings is 3. The maximum atomic E-state index is 12.9. The van der Waals surface area contributed by atoms with Crippen molar-refractivity contribution in [2.75, 3.05) is 13.2 Å². The van der Waals surface area contributed by atoms with Crippen LogP contribution in [0.15, 0.2) is 48.5 Å². The predicted molar refractivity (Wildman–Crippen MR) is 119 cm³/mol. The van der Waals surface area contributed by atoms with E-state index in [9.17, 15) is 9.90 Å². The van der Waals surface area contributed by atoms with Crippen LogP contribution < -0.4 is 4.74 Å². The standard InChI is InChI=1S/C25H25NO4/c1-5-29-18-13-11-17(12-14-18)26-16(4)22(25(28)30-6-2)21-15(3)24(27)20-10-8-7-9-19(20)23(21)26/h7-14,27H,5-6H2,1-4H3. The summed E-state index contributed by atoms with van der Waals surface area (Å²) in [5.74, 6) is 0.592. The highest BCUT2D eigenvalue weighted by Crippen LogP contribution is 2.42. The zero-order valence-corrected chi connectivity index (χ0v) is 17.7. The van der Waals surface area contributed by atoms with Gasteiger partial charge in [0.2, 0.25) is 0 Å². The molecule has 0 amide bonds. The molecule has 3 aromatic carbocycles. The lowest BCUT2D eigenvalue weighted by Crippen LogP contribution is -2.07. The van der Waals surface area contributed by atoms with Gasteiger partial charge in [-0.15, -0.1) is 0 Å². The fourth-order valence-corrected chi connectivity index (χ4v) is 4.16. The Hall–Kier alpha value is -3.47. The van der Waals surface area contributed by atoms with Gasteiger partial charge >= 0.3 is 5.97 Å². The third-order valence-electron chi connectivity index (χ3n) is 5.46. The van der Waals surface area contributed by atoms with Crippen LogP contribution in [0.4, 0.5) is 0 Å². The molecule has 0 saturated heterocycles. The molecule has 0 radical (unpaired) electrons. The Labute approximate surface area is 175 Å². The number of aromatic nitrogens is 1. The highest BCUT2D eigenvalue weighted by molar-refractivity contribution is 6.18. The molecule has 5 nitrogen and oxygen atoms in total. The minimum atomic E-state index is -0.387. The maximum Gasteiger partial charge on any atom is 0.340 e. The molecule has 0 saturated carbocycles. The number of ether oxygens (including phenoxy) is 2. The van der Waals surface area contributed by atoms with Gasteiger partial charge in [-0.3, -0.25) is 0 Å². The summed E-state index contributed by atoms with van der Waals surface area (Å²) in [5, 5.41) is 13.2. The van der Waals surface area contributed by atoms with E-state index in [1.807, 2.05) is 69.3 Å². The summed E-state index contributed by atoms with van der Waals surface area (Å²) < 4.78 is 13.0. The number of esters is 1. The SMILES string of the molecule is CCOC(=O)c1c(C)n(-c2ccc(OCC)cc2)c2c1c(C)c(O)c1ccccc12. The molecular weight excluding hydrogens is 378 g/mol. The quantitative estimate of drug-likeness (QED) is 0.436. The van der Waals surface area contributed by atoms with Crippen molar-refractivity contribution < 1.29 is 19.4 Å². The predicted octanol–water partition coefficient (Wildman–Crippen LogP) is 5.68. The van der Waals surface area contributed by atoms with Gasteiger partial charge in [0.15, 0.2) is 0 Å². The van der Waals surface area contributed by atoms with Crippen molar-refractivity contribution in [3.63, 3.8) is 0 Å². The summed E-state index contributed by atoms with van der Waals surface area (Å²) >= 11 is 0. The molecule has 1 aromatic heterocycles. The fraction of sp³-hybridized carbons (Fsp3) is 0.240. The van der Waals surface area contributed by atoms with E-state index in [-0.39, 0.29) is 18.3 Å². The lowest BCUT2D eigenvalue weighted by molar-refractivity contribution is 0.0527. The largest absolute Gasteiger partial charge is 0.507 e. The molecule has 154 valence electrons. The van der Waals surface area contributed by atoms with Gasteiger partial charge in [-0.05, 0) is 52.0 Å². The van der Waals surface area contributed by atoms with E-state index in [2.05, 4.69) is 4.57 Å². The first kappa shape index (κ1) is 19.8. The highest BCUT2D eigenvalue weighted by atomic mass is 16.5. The minimum Gasteiger partial charge on any atom is -0.507 e. The molecule has 0 bridgehead atoms. The van der Waals surface area contributed by atoms with Crippen LogP contribution in [-0.2, 0) is 4.74 Å². The Morgan fingerprint density at radius 2 is 1.63 bits per heavy atom.